The van der Waals surface area contributed by atoms with E-state index in [4.69, 9.17) is 4.42 Å². The van der Waals surface area contributed by atoms with E-state index in [1.165, 1.54) is 33.5 Å². The van der Waals surface area contributed by atoms with Crippen LogP contribution in [0, 0.1) is 11.6 Å². The predicted octanol–water partition coefficient (Wildman–Crippen LogP) is 2.31. The number of halogens is 2. The maximum absolute atomic E-state index is 13.5. The molecule has 5 rings (SSSR count). The number of nitrogens with one attached hydrogen (secondary N) is 2. The maximum Gasteiger partial charge on any atom is 0.419 e. The molecule has 5 aromatic rings. The molecule has 0 aliphatic heterocycles. The number of benzene rings is 2. The van der Waals surface area contributed by atoms with Gasteiger partial charge in [0.25, 0.3) is 11.8 Å². The molecule has 2 aromatic carbocycles. The first-order valence-electron chi connectivity index (χ1n) is 10.7. The number of carbonyl (C=O) groups excluding carboxylic acids is 2. The molecule has 2 amide bonds. The first-order chi connectivity index (χ1) is 17.3. The molecule has 10 nitrogen and oxygen atoms in total. The number of aryl methyl sites for hydroxylation is 1. The summed E-state index contributed by atoms with van der Waals surface area (Å²) < 4.78 is 34.3. The highest BCUT2D eigenvalue weighted by Crippen LogP contribution is 2.15. The van der Waals surface area contributed by atoms with Crippen molar-refractivity contribution in [3.63, 3.8) is 0 Å². The molecule has 0 aliphatic rings. The Morgan fingerprint density at radius 2 is 1.67 bits per heavy atom. The zero-order valence-electron chi connectivity index (χ0n) is 18.8. The minimum Gasteiger partial charge on any atom is -0.408 e. The summed E-state index contributed by atoms with van der Waals surface area (Å²) in [6.07, 6.45) is 1.43. The number of oxazole rings is 1. The number of carbonyl (C=O) groups is 2. The van der Waals surface area contributed by atoms with Crippen LogP contribution in [-0.4, -0.2) is 31.0 Å². The molecule has 0 spiro atoms. The third-order valence-electron chi connectivity index (χ3n) is 5.57. The summed E-state index contributed by atoms with van der Waals surface area (Å²) in [6, 6.07) is 11.2. The molecule has 3 aromatic heterocycles. The van der Waals surface area contributed by atoms with Crippen molar-refractivity contribution in [1.29, 1.82) is 0 Å². The van der Waals surface area contributed by atoms with Crippen LogP contribution < -0.4 is 16.4 Å². The highest BCUT2D eigenvalue weighted by Gasteiger charge is 2.18. The van der Waals surface area contributed by atoms with E-state index in [-0.39, 0.29) is 30.1 Å². The van der Waals surface area contributed by atoms with Crippen LogP contribution in [0.4, 0.5) is 8.78 Å². The molecule has 36 heavy (non-hydrogen) atoms. The molecule has 12 heteroatoms. The molecule has 3 heterocycles. The first kappa shape index (κ1) is 22.9. The quantitative estimate of drug-likeness (QED) is 0.375. The van der Waals surface area contributed by atoms with E-state index in [1.807, 2.05) is 0 Å². The van der Waals surface area contributed by atoms with Crippen molar-refractivity contribution in [2.75, 3.05) is 0 Å². The zero-order chi connectivity index (χ0) is 25.4. The maximum atomic E-state index is 13.5. The predicted molar refractivity (Wildman–Crippen MR) is 123 cm³/mol. The summed E-state index contributed by atoms with van der Waals surface area (Å²) in [4.78, 5) is 41.6. The number of nitrogens with zero attached hydrogens (tertiary/aromatic N) is 4. The summed E-state index contributed by atoms with van der Waals surface area (Å²) >= 11 is 0. The lowest BCUT2D eigenvalue weighted by Crippen LogP contribution is -2.28. The Hall–Kier alpha value is -4.87. The Bertz CT molecular complexity index is 1700. The van der Waals surface area contributed by atoms with E-state index in [0.29, 0.717) is 16.7 Å². The van der Waals surface area contributed by atoms with Gasteiger partial charge in [-0.2, -0.15) is 5.10 Å². The van der Waals surface area contributed by atoms with Gasteiger partial charge >= 0.3 is 5.76 Å². The number of rotatable bonds is 6. The van der Waals surface area contributed by atoms with E-state index < -0.39 is 29.2 Å². The third kappa shape index (κ3) is 4.31. The van der Waals surface area contributed by atoms with Crippen LogP contribution in [0.3, 0.4) is 0 Å². The van der Waals surface area contributed by atoms with E-state index in [2.05, 4.69) is 20.7 Å². The van der Waals surface area contributed by atoms with Gasteiger partial charge in [-0.15, -0.1) is 0 Å². The summed E-state index contributed by atoms with van der Waals surface area (Å²) in [6.45, 7) is 0.0690. The smallest absolute Gasteiger partial charge is 0.408 e. The zero-order valence-corrected chi connectivity index (χ0v) is 18.8. The number of hydrogen-bond donors (Lipinski definition) is 2. The number of amides is 2. The summed E-state index contributed by atoms with van der Waals surface area (Å²) in [5.74, 6) is -3.61. The molecular formula is C24H18F2N6O4. The molecule has 0 aliphatic carbocycles. The van der Waals surface area contributed by atoms with Gasteiger partial charge in [-0.3, -0.25) is 14.2 Å². The number of hydrogen-bond acceptors (Lipinski definition) is 6. The van der Waals surface area contributed by atoms with Gasteiger partial charge in [-0.25, -0.2) is 23.1 Å². The van der Waals surface area contributed by atoms with Crippen LogP contribution >= 0.6 is 0 Å². The standard InChI is InChI=1S/C24H18F2N6O4/c1-31-18-9-14(3-5-20(18)36-24(31)35)12-27-22(33)17-10-19(32-21(30-17)6-7-29-32)23(34)28-11-13-2-4-15(25)16(26)8-13/h2-10H,11-12H2,1H3,(H,27,33)(H,28,34). The highest BCUT2D eigenvalue weighted by atomic mass is 19.2. The van der Waals surface area contributed by atoms with Crippen molar-refractivity contribution in [3.8, 4) is 0 Å². The average Bonchev–Trinajstić information content (AvgIpc) is 3.46. The fourth-order valence-electron chi connectivity index (χ4n) is 3.67. The fraction of sp³-hybridized carbons (Fsp3) is 0.125. The Balaban J connectivity index is 1.34. The molecule has 0 unspecified atom stereocenters. The van der Waals surface area contributed by atoms with E-state index in [0.717, 1.165) is 17.7 Å². The normalized spacial score (nSPS) is 11.2. The van der Waals surface area contributed by atoms with Gasteiger partial charge in [0.15, 0.2) is 22.9 Å². The second kappa shape index (κ2) is 9.06. The highest BCUT2D eigenvalue weighted by molar-refractivity contribution is 5.98. The topological polar surface area (TPSA) is 124 Å². The second-order valence-electron chi connectivity index (χ2n) is 7.97. The monoisotopic (exact) mass is 492 g/mol. The molecular weight excluding hydrogens is 474 g/mol. The Kier molecular flexibility index (Phi) is 5.76. The third-order valence-corrected chi connectivity index (χ3v) is 5.57. The molecule has 0 bridgehead atoms. The number of aromatic nitrogens is 4. The van der Waals surface area contributed by atoms with E-state index in [9.17, 15) is 23.2 Å². The minimum atomic E-state index is -1.02. The van der Waals surface area contributed by atoms with Gasteiger partial charge in [0.2, 0.25) is 0 Å². The molecule has 2 N–H and O–H groups in total. The van der Waals surface area contributed by atoms with Crippen LogP contribution in [-0.2, 0) is 20.1 Å². The van der Waals surface area contributed by atoms with Crippen molar-refractivity contribution in [1.82, 2.24) is 29.8 Å². The lowest BCUT2D eigenvalue weighted by atomic mass is 10.2. The van der Waals surface area contributed by atoms with Crippen LogP contribution in [0.1, 0.15) is 32.1 Å². The molecule has 0 atom stereocenters. The lowest BCUT2D eigenvalue weighted by molar-refractivity contribution is 0.0942. The minimum absolute atomic E-state index is 0.0160. The number of fused-ring (bicyclic) bond motifs is 2. The summed E-state index contributed by atoms with van der Waals surface area (Å²) in [5.41, 5.74) is 2.40. The van der Waals surface area contributed by atoms with Gasteiger partial charge in [0.05, 0.1) is 11.7 Å². The molecule has 0 saturated carbocycles. The van der Waals surface area contributed by atoms with Crippen LogP contribution in [0.2, 0.25) is 0 Å². The first-order valence-corrected chi connectivity index (χ1v) is 10.7. The molecule has 0 radical (unpaired) electrons. The molecule has 0 fully saturated rings. The molecule has 182 valence electrons. The van der Waals surface area contributed by atoms with Gasteiger partial charge in [-0.05, 0) is 35.4 Å². The van der Waals surface area contributed by atoms with Crippen molar-refractivity contribution >= 4 is 28.6 Å². The SMILES string of the molecule is Cn1c(=O)oc2ccc(CNC(=O)c3cc(C(=O)NCc4ccc(F)c(F)c4)n4nccc4n3)cc21. The largest absolute Gasteiger partial charge is 0.419 e. The van der Waals surface area contributed by atoms with Crippen LogP contribution in [0.25, 0.3) is 16.7 Å². The second-order valence-corrected chi connectivity index (χ2v) is 7.97. The lowest BCUT2D eigenvalue weighted by Gasteiger charge is -2.10. The van der Waals surface area contributed by atoms with Gasteiger partial charge in [-0.1, -0.05) is 12.1 Å². The van der Waals surface area contributed by atoms with Crippen molar-refractivity contribution in [2.24, 2.45) is 7.05 Å². The van der Waals surface area contributed by atoms with E-state index >= 15 is 0 Å². The Labute approximate surface area is 201 Å². The summed E-state index contributed by atoms with van der Waals surface area (Å²) in [7, 11) is 1.58. The van der Waals surface area contributed by atoms with Gasteiger partial charge in [0.1, 0.15) is 11.4 Å². The van der Waals surface area contributed by atoms with Gasteiger partial charge in [0, 0.05) is 32.3 Å². The van der Waals surface area contributed by atoms with Crippen LogP contribution in [0.5, 0.6) is 0 Å². The van der Waals surface area contributed by atoms with E-state index in [1.54, 1.807) is 25.2 Å². The average molecular weight is 492 g/mol. The Morgan fingerprint density at radius 1 is 0.944 bits per heavy atom. The van der Waals surface area contributed by atoms with Crippen molar-refractivity contribution in [3.05, 3.63) is 99.4 Å². The Morgan fingerprint density at radius 3 is 2.44 bits per heavy atom. The molecule has 0 saturated heterocycles. The fourth-order valence-corrected chi connectivity index (χ4v) is 3.67. The van der Waals surface area contributed by atoms with Gasteiger partial charge < -0.3 is 15.1 Å². The van der Waals surface area contributed by atoms with Crippen molar-refractivity contribution < 1.29 is 22.8 Å². The van der Waals surface area contributed by atoms with Crippen molar-refractivity contribution in [2.45, 2.75) is 13.1 Å². The summed E-state index contributed by atoms with van der Waals surface area (Å²) in [5, 5.41) is 9.42. The van der Waals surface area contributed by atoms with Crippen LogP contribution in [0.15, 0.2) is 63.9 Å².